The number of hydrogen-bond acceptors (Lipinski definition) is 7. The van der Waals surface area contributed by atoms with Gasteiger partial charge in [-0.05, 0) is 29.5 Å². The number of sulfonamides is 1. The van der Waals surface area contributed by atoms with Crippen molar-refractivity contribution < 1.29 is 18.1 Å². The first-order valence-electron chi connectivity index (χ1n) is 8.63. The SMILES string of the molecule is O=[N+]([O-])c1ccc(N2CCc3sccc3C2)c(S(=O)(=O)N2CCOCC2)c1. The molecule has 10 heteroatoms. The molecule has 1 aromatic heterocycles. The fourth-order valence-electron chi connectivity index (χ4n) is 3.46. The average molecular weight is 409 g/mol. The van der Waals surface area contributed by atoms with E-state index in [2.05, 4.69) is 0 Å². The highest BCUT2D eigenvalue weighted by molar-refractivity contribution is 7.89. The zero-order valence-corrected chi connectivity index (χ0v) is 16.2. The molecule has 0 N–H and O–H groups in total. The molecule has 0 unspecified atom stereocenters. The molecule has 1 saturated heterocycles. The number of anilines is 1. The Morgan fingerprint density at radius 1 is 1.15 bits per heavy atom. The second-order valence-corrected chi connectivity index (χ2v) is 9.37. The van der Waals surface area contributed by atoms with Crippen molar-refractivity contribution in [3.8, 4) is 0 Å². The quantitative estimate of drug-likeness (QED) is 0.568. The molecular formula is C17H19N3O5S2. The molecule has 1 fully saturated rings. The van der Waals surface area contributed by atoms with Gasteiger partial charge < -0.3 is 9.64 Å². The van der Waals surface area contributed by atoms with Gasteiger partial charge in [0.2, 0.25) is 10.0 Å². The van der Waals surface area contributed by atoms with Gasteiger partial charge in [0.25, 0.3) is 5.69 Å². The molecule has 0 radical (unpaired) electrons. The summed E-state index contributed by atoms with van der Waals surface area (Å²) in [7, 11) is -3.85. The van der Waals surface area contributed by atoms with E-state index in [1.54, 1.807) is 17.4 Å². The smallest absolute Gasteiger partial charge is 0.270 e. The highest BCUT2D eigenvalue weighted by Gasteiger charge is 2.32. The molecule has 1 aromatic carbocycles. The summed E-state index contributed by atoms with van der Waals surface area (Å²) in [4.78, 5) is 14.0. The monoisotopic (exact) mass is 409 g/mol. The lowest BCUT2D eigenvalue weighted by Crippen LogP contribution is -2.41. The van der Waals surface area contributed by atoms with Gasteiger partial charge in [0, 0.05) is 43.2 Å². The van der Waals surface area contributed by atoms with Crippen molar-refractivity contribution in [3.63, 3.8) is 0 Å². The van der Waals surface area contributed by atoms with Crippen molar-refractivity contribution in [2.75, 3.05) is 37.7 Å². The lowest BCUT2D eigenvalue weighted by atomic mass is 10.1. The number of non-ortho nitro benzene ring substituents is 1. The normalized spacial score (nSPS) is 18.3. The van der Waals surface area contributed by atoms with Crippen molar-refractivity contribution in [1.82, 2.24) is 4.31 Å². The highest BCUT2D eigenvalue weighted by Crippen LogP contribution is 2.35. The Balaban J connectivity index is 1.76. The maximum absolute atomic E-state index is 13.2. The van der Waals surface area contributed by atoms with Crippen molar-refractivity contribution in [2.45, 2.75) is 17.9 Å². The van der Waals surface area contributed by atoms with E-state index in [1.165, 1.54) is 26.9 Å². The molecule has 27 heavy (non-hydrogen) atoms. The standard InChI is InChI=1S/C17H19N3O5S2/c21-20(22)14-1-2-15(18-5-3-16-13(12-18)4-10-26-16)17(11-14)27(23,24)19-6-8-25-9-7-19/h1-2,4,10-11H,3,5-9,12H2. The molecule has 8 nitrogen and oxygen atoms in total. The maximum Gasteiger partial charge on any atom is 0.270 e. The van der Waals surface area contributed by atoms with E-state index in [1.807, 2.05) is 16.3 Å². The third-order valence-electron chi connectivity index (χ3n) is 4.89. The summed E-state index contributed by atoms with van der Waals surface area (Å²) in [6.07, 6.45) is 0.834. The van der Waals surface area contributed by atoms with E-state index in [-0.39, 0.29) is 23.7 Å². The number of morpholine rings is 1. The lowest BCUT2D eigenvalue weighted by Gasteiger charge is -2.32. The first-order valence-corrected chi connectivity index (χ1v) is 11.0. The Morgan fingerprint density at radius 3 is 2.67 bits per heavy atom. The number of nitrogens with zero attached hydrogens (tertiary/aromatic N) is 3. The van der Waals surface area contributed by atoms with Crippen LogP contribution in [0.1, 0.15) is 10.4 Å². The number of nitro groups is 1. The fraction of sp³-hybridized carbons (Fsp3) is 0.412. The van der Waals surface area contributed by atoms with E-state index in [4.69, 9.17) is 4.74 Å². The minimum atomic E-state index is -3.85. The topological polar surface area (TPSA) is 93.0 Å². The summed E-state index contributed by atoms with van der Waals surface area (Å²) in [5, 5.41) is 13.3. The summed E-state index contributed by atoms with van der Waals surface area (Å²) < 4.78 is 33.1. The second-order valence-electron chi connectivity index (χ2n) is 6.47. The van der Waals surface area contributed by atoms with Crippen molar-refractivity contribution >= 4 is 32.7 Å². The minimum absolute atomic E-state index is 0.00252. The summed E-state index contributed by atoms with van der Waals surface area (Å²) >= 11 is 1.71. The van der Waals surface area contributed by atoms with E-state index in [9.17, 15) is 18.5 Å². The van der Waals surface area contributed by atoms with Crippen LogP contribution in [0, 0.1) is 10.1 Å². The Morgan fingerprint density at radius 2 is 1.93 bits per heavy atom. The van der Waals surface area contributed by atoms with Crippen LogP contribution in [0.3, 0.4) is 0 Å². The fourth-order valence-corrected chi connectivity index (χ4v) is 5.99. The first-order chi connectivity index (χ1) is 13.0. The molecule has 0 bridgehead atoms. The molecular weight excluding hydrogens is 390 g/mol. The second kappa shape index (κ2) is 7.19. The zero-order chi connectivity index (χ0) is 19.0. The molecule has 144 valence electrons. The van der Waals surface area contributed by atoms with Gasteiger partial charge in [-0.25, -0.2) is 8.42 Å². The van der Waals surface area contributed by atoms with Gasteiger partial charge in [0.05, 0.1) is 23.8 Å². The Kier molecular flexibility index (Phi) is 4.89. The zero-order valence-electron chi connectivity index (χ0n) is 14.5. The predicted octanol–water partition coefficient (Wildman–Crippen LogP) is 2.24. The summed E-state index contributed by atoms with van der Waals surface area (Å²) in [5.41, 5.74) is 1.47. The van der Waals surface area contributed by atoms with Gasteiger partial charge in [-0.1, -0.05) is 0 Å². The van der Waals surface area contributed by atoms with E-state index < -0.39 is 14.9 Å². The highest BCUT2D eigenvalue weighted by atomic mass is 32.2. The Bertz CT molecular complexity index is 967. The molecule has 0 spiro atoms. The molecule has 2 aromatic rings. The van der Waals surface area contributed by atoms with Gasteiger partial charge in [-0.3, -0.25) is 10.1 Å². The van der Waals surface area contributed by atoms with Crippen LogP contribution >= 0.6 is 11.3 Å². The first kappa shape index (κ1) is 18.4. The number of fused-ring (bicyclic) bond motifs is 1. The van der Waals surface area contributed by atoms with Gasteiger partial charge in [-0.15, -0.1) is 11.3 Å². The van der Waals surface area contributed by atoms with Crippen molar-refractivity contribution in [1.29, 1.82) is 0 Å². The number of benzene rings is 1. The number of rotatable bonds is 4. The van der Waals surface area contributed by atoms with Crippen molar-refractivity contribution in [3.05, 3.63) is 50.2 Å². The molecule has 4 rings (SSSR count). The average Bonchev–Trinajstić information content (AvgIpc) is 3.16. The largest absolute Gasteiger partial charge is 0.379 e. The third-order valence-corrected chi connectivity index (χ3v) is 7.84. The number of thiophene rings is 1. The minimum Gasteiger partial charge on any atom is -0.379 e. The van der Waals surface area contributed by atoms with Crippen LogP contribution in [0.5, 0.6) is 0 Å². The molecule has 0 atom stereocenters. The van der Waals surface area contributed by atoms with Crippen LogP contribution in [0.15, 0.2) is 34.5 Å². The van der Waals surface area contributed by atoms with Gasteiger partial charge >= 0.3 is 0 Å². The summed E-state index contributed by atoms with van der Waals surface area (Å²) in [5.74, 6) is 0. The van der Waals surface area contributed by atoms with E-state index in [0.29, 0.717) is 32.0 Å². The Labute approximate surface area is 161 Å². The maximum atomic E-state index is 13.2. The van der Waals surface area contributed by atoms with E-state index >= 15 is 0 Å². The number of ether oxygens (including phenoxy) is 1. The molecule has 2 aliphatic rings. The van der Waals surface area contributed by atoms with Crippen LogP contribution in [-0.4, -0.2) is 50.5 Å². The van der Waals surface area contributed by atoms with Crippen LogP contribution in [0.25, 0.3) is 0 Å². The van der Waals surface area contributed by atoms with Gasteiger partial charge in [0.15, 0.2) is 0 Å². The van der Waals surface area contributed by atoms with Gasteiger partial charge in [0.1, 0.15) is 4.90 Å². The van der Waals surface area contributed by atoms with Crippen LogP contribution in [-0.2, 0) is 27.7 Å². The molecule has 0 amide bonds. The van der Waals surface area contributed by atoms with E-state index in [0.717, 1.165) is 6.42 Å². The number of nitro benzene ring substituents is 1. The summed E-state index contributed by atoms with van der Waals surface area (Å²) in [6, 6.07) is 6.16. The Hall–Kier alpha value is -2.01. The molecule has 2 aliphatic heterocycles. The lowest BCUT2D eigenvalue weighted by molar-refractivity contribution is -0.385. The third kappa shape index (κ3) is 3.45. The number of hydrogen-bond donors (Lipinski definition) is 0. The predicted molar refractivity (Wildman–Crippen MR) is 102 cm³/mol. The van der Waals surface area contributed by atoms with Crippen LogP contribution in [0.2, 0.25) is 0 Å². The van der Waals surface area contributed by atoms with Crippen LogP contribution < -0.4 is 4.90 Å². The molecule has 0 aliphatic carbocycles. The molecule has 0 saturated carbocycles. The van der Waals surface area contributed by atoms with Gasteiger partial charge in [-0.2, -0.15) is 4.31 Å². The van der Waals surface area contributed by atoms with Crippen LogP contribution in [0.4, 0.5) is 11.4 Å². The summed E-state index contributed by atoms with van der Waals surface area (Å²) in [6.45, 7) is 2.43. The van der Waals surface area contributed by atoms with Crippen molar-refractivity contribution in [2.24, 2.45) is 0 Å². The molecule has 3 heterocycles.